The van der Waals surface area contributed by atoms with Gasteiger partial charge in [0.25, 0.3) is 15.9 Å². The van der Waals surface area contributed by atoms with Gasteiger partial charge in [0.05, 0.1) is 21.5 Å². The summed E-state index contributed by atoms with van der Waals surface area (Å²) in [7, 11) is -7.04. The fraction of sp³-hybridized carbons (Fsp3) is 0.208. The SMILES string of the molecule is Cc1ccc(S(=O)(=O)Nc2ccc(C(=O)N[C@H](C)c3ccc(S(C)(=O)=O)cc3)cc2C)cc1. The summed E-state index contributed by atoms with van der Waals surface area (Å²) in [6, 6.07) is 17.2. The highest BCUT2D eigenvalue weighted by molar-refractivity contribution is 7.92. The maximum atomic E-state index is 12.7. The highest BCUT2D eigenvalue weighted by Crippen LogP contribution is 2.22. The number of aryl methyl sites for hydroxylation is 2. The Morgan fingerprint density at radius 3 is 1.94 bits per heavy atom. The van der Waals surface area contributed by atoms with E-state index in [1.807, 2.05) is 6.92 Å². The molecule has 0 unspecified atom stereocenters. The molecule has 0 radical (unpaired) electrons. The van der Waals surface area contributed by atoms with E-state index in [-0.39, 0.29) is 21.7 Å². The summed E-state index contributed by atoms with van der Waals surface area (Å²) >= 11 is 0. The Bertz CT molecular complexity index is 1380. The molecule has 2 N–H and O–H groups in total. The molecule has 33 heavy (non-hydrogen) atoms. The first kappa shape index (κ1) is 24.5. The second kappa shape index (κ2) is 9.36. The maximum absolute atomic E-state index is 12.7. The zero-order valence-electron chi connectivity index (χ0n) is 18.8. The largest absolute Gasteiger partial charge is 0.346 e. The first-order valence-corrected chi connectivity index (χ1v) is 13.6. The fourth-order valence-electron chi connectivity index (χ4n) is 3.21. The van der Waals surface area contributed by atoms with Gasteiger partial charge in [-0.05, 0) is 74.4 Å². The normalized spacial score (nSPS) is 12.7. The van der Waals surface area contributed by atoms with Crippen LogP contribution in [-0.4, -0.2) is 29.0 Å². The maximum Gasteiger partial charge on any atom is 0.261 e. The van der Waals surface area contributed by atoms with Crippen LogP contribution in [0.4, 0.5) is 5.69 Å². The van der Waals surface area contributed by atoms with Gasteiger partial charge < -0.3 is 5.32 Å². The number of sulfone groups is 1. The van der Waals surface area contributed by atoms with E-state index in [0.717, 1.165) is 17.4 Å². The van der Waals surface area contributed by atoms with Gasteiger partial charge in [0, 0.05) is 11.8 Å². The lowest BCUT2D eigenvalue weighted by atomic mass is 10.1. The number of nitrogens with one attached hydrogen (secondary N) is 2. The third-order valence-electron chi connectivity index (χ3n) is 5.22. The van der Waals surface area contributed by atoms with Crippen LogP contribution in [0.15, 0.2) is 76.5 Å². The summed E-state index contributed by atoms with van der Waals surface area (Å²) in [4.78, 5) is 13.1. The minimum absolute atomic E-state index is 0.157. The number of anilines is 1. The van der Waals surface area contributed by atoms with E-state index in [9.17, 15) is 21.6 Å². The first-order chi connectivity index (χ1) is 15.4. The minimum Gasteiger partial charge on any atom is -0.346 e. The Kier molecular flexibility index (Phi) is 6.94. The molecule has 1 atom stereocenters. The molecule has 0 fully saturated rings. The third-order valence-corrected chi connectivity index (χ3v) is 7.73. The van der Waals surface area contributed by atoms with E-state index in [2.05, 4.69) is 10.0 Å². The van der Waals surface area contributed by atoms with Crippen LogP contribution < -0.4 is 10.0 Å². The van der Waals surface area contributed by atoms with E-state index in [1.54, 1.807) is 68.4 Å². The molecule has 0 bridgehead atoms. The van der Waals surface area contributed by atoms with Gasteiger partial charge in [-0.2, -0.15) is 0 Å². The second-order valence-electron chi connectivity index (χ2n) is 7.98. The van der Waals surface area contributed by atoms with Crippen molar-refractivity contribution in [3.05, 3.63) is 89.0 Å². The standard InChI is InChI=1S/C24H26N2O5S2/c1-16-5-10-22(11-6-16)33(30,31)26-23-14-9-20(15-17(23)2)24(27)25-18(3)19-7-12-21(13-8-19)32(4,28)29/h5-15,18,26H,1-4H3,(H,25,27)/t18-/m1/s1. The quantitative estimate of drug-likeness (QED) is 0.525. The van der Waals surface area contributed by atoms with Gasteiger partial charge in [-0.3, -0.25) is 9.52 Å². The highest BCUT2D eigenvalue weighted by atomic mass is 32.2. The molecular weight excluding hydrogens is 460 g/mol. The first-order valence-electron chi connectivity index (χ1n) is 10.2. The van der Waals surface area contributed by atoms with Crippen LogP contribution in [0.1, 0.15) is 40.0 Å². The van der Waals surface area contributed by atoms with Crippen molar-refractivity contribution in [1.29, 1.82) is 0 Å². The predicted octanol–water partition coefficient (Wildman–Crippen LogP) is 4.00. The summed E-state index contributed by atoms with van der Waals surface area (Å²) in [5, 5.41) is 2.87. The number of hydrogen-bond donors (Lipinski definition) is 2. The number of benzene rings is 3. The van der Waals surface area contributed by atoms with Crippen molar-refractivity contribution in [1.82, 2.24) is 5.32 Å². The summed E-state index contributed by atoms with van der Waals surface area (Å²) < 4.78 is 51.1. The van der Waals surface area contributed by atoms with Crippen LogP contribution in [-0.2, 0) is 19.9 Å². The highest BCUT2D eigenvalue weighted by Gasteiger charge is 2.17. The number of rotatable bonds is 7. The molecular formula is C24H26N2O5S2. The Morgan fingerprint density at radius 2 is 1.39 bits per heavy atom. The molecule has 0 saturated carbocycles. The molecule has 0 spiro atoms. The van der Waals surface area contributed by atoms with Crippen LogP contribution in [0.5, 0.6) is 0 Å². The van der Waals surface area contributed by atoms with E-state index < -0.39 is 19.9 Å². The average Bonchev–Trinajstić information content (AvgIpc) is 2.74. The lowest BCUT2D eigenvalue weighted by molar-refractivity contribution is 0.0939. The van der Waals surface area contributed by atoms with Crippen molar-refractivity contribution in [2.45, 2.75) is 36.6 Å². The van der Waals surface area contributed by atoms with Gasteiger partial charge in [-0.1, -0.05) is 29.8 Å². The Morgan fingerprint density at radius 1 is 0.818 bits per heavy atom. The van der Waals surface area contributed by atoms with Gasteiger partial charge >= 0.3 is 0 Å². The van der Waals surface area contributed by atoms with Crippen LogP contribution in [0.2, 0.25) is 0 Å². The Labute approximate surface area is 194 Å². The summed E-state index contributed by atoms with van der Waals surface area (Å²) in [5.41, 5.74) is 3.08. The predicted molar refractivity (Wildman–Crippen MR) is 129 cm³/mol. The summed E-state index contributed by atoms with van der Waals surface area (Å²) in [6.07, 6.45) is 1.14. The molecule has 0 aromatic heterocycles. The van der Waals surface area contributed by atoms with Gasteiger partial charge in [-0.25, -0.2) is 16.8 Å². The van der Waals surface area contributed by atoms with Crippen molar-refractivity contribution in [3.8, 4) is 0 Å². The van der Waals surface area contributed by atoms with Crippen molar-refractivity contribution in [3.63, 3.8) is 0 Å². The van der Waals surface area contributed by atoms with Gasteiger partial charge in [0.2, 0.25) is 0 Å². The molecule has 9 heteroatoms. The molecule has 1 amide bonds. The number of sulfonamides is 1. The fourth-order valence-corrected chi connectivity index (χ4v) is 4.97. The molecule has 3 rings (SSSR count). The van der Waals surface area contributed by atoms with Crippen molar-refractivity contribution in [2.24, 2.45) is 0 Å². The topological polar surface area (TPSA) is 109 Å². The molecule has 0 heterocycles. The van der Waals surface area contributed by atoms with Crippen molar-refractivity contribution in [2.75, 3.05) is 11.0 Å². The van der Waals surface area contributed by atoms with Crippen molar-refractivity contribution < 1.29 is 21.6 Å². The third kappa shape index (κ3) is 6.00. The van der Waals surface area contributed by atoms with Crippen LogP contribution in [0.3, 0.4) is 0 Å². The Balaban J connectivity index is 1.72. The van der Waals surface area contributed by atoms with Gasteiger partial charge in [-0.15, -0.1) is 0 Å². The summed E-state index contributed by atoms with van der Waals surface area (Å²) in [6.45, 7) is 5.39. The Hall–Kier alpha value is -3.17. The van der Waals surface area contributed by atoms with Crippen molar-refractivity contribution >= 4 is 31.5 Å². The monoisotopic (exact) mass is 486 g/mol. The lowest BCUT2D eigenvalue weighted by Gasteiger charge is -2.16. The average molecular weight is 487 g/mol. The molecule has 0 aliphatic rings. The van der Waals surface area contributed by atoms with Crippen LogP contribution in [0.25, 0.3) is 0 Å². The lowest BCUT2D eigenvalue weighted by Crippen LogP contribution is -2.26. The molecule has 3 aromatic carbocycles. The molecule has 0 aliphatic heterocycles. The molecule has 174 valence electrons. The van der Waals surface area contributed by atoms with Gasteiger partial charge in [0.15, 0.2) is 9.84 Å². The minimum atomic E-state index is -3.75. The molecule has 7 nitrogen and oxygen atoms in total. The van der Waals surface area contributed by atoms with Gasteiger partial charge in [0.1, 0.15) is 0 Å². The molecule has 0 aliphatic carbocycles. The second-order valence-corrected chi connectivity index (χ2v) is 11.7. The van der Waals surface area contributed by atoms with E-state index in [4.69, 9.17) is 0 Å². The zero-order valence-corrected chi connectivity index (χ0v) is 20.4. The van der Waals surface area contributed by atoms with E-state index in [0.29, 0.717) is 16.8 Å². The molecule has 0 saturated heterocycles. The number of hydrogen-bond acceptors (Lipinski definition) is 5. The van der Waals surface area contributed by atoms with Crippen LogP contribution >= 0.6 is 0 Å². The number of amides is 1. The smallest absolute Gasteiger partial charge is 0.261 e. The summed E-state index contributed by atoms with van der Waals surface area (Å²) in [5.74, 6) is -0.328. The molecule has 3 aromatic rings. The van der Waals surface area contributed by atoms with E-state index in [1.165, 1.54) is 12.1 Å². The van der Waals surface area contributed by atoms with E-state index >= 15 is 0 Å². The van der Waals surface area contributed by atoms with Crippen LogP contribution in [0, 0.1) is 13.8 Å². The number of carbonyl (C=O) groups excluding carboxylic acids is 1. The number of carbonyl (C=O) groups is 1. The zero-order chi connectivity index (χ0) is 24.4.